The van der Waals surface area contributed by atoms with E-state index in [1.165, 1.54) is 12.5 Å². The molecule has 124 valence electrons. The molecule has 0 radical (unpaired) electrons. The molecule has 0 saturated heterocycles. The molecule has 1 saturated carbocycles. The Balaban J connectivity index is 1.67. The lowest BCUT2D eigenvalue weighted by Gasteiger charge is -2.33. The Morgan fingerprint density at radius 2 is 2.29 bits per heavy atom. The lowest BCUT2D eigenvalue weighted by molar-refractivity contribution is 0.0452. The normalized spacial score (nSPS) is 23.2. The predicted molar refractivity (Wildman–Crippen MR) is 91.4 cm³/mol. The van der Waals surface area contributed by atoms with E-state index in [1.54, 1.807) is 6.07 Å². The van der Waals surface area contributed by atoms with Crippen molar-refractivity contribution in [2.75, 3.05) is 0 Å². The Bertz CT molecular complexity index is 770. The van der Waals surface area contributed by atoms with Gasteiger partial charge < -0.3 is 14.8 Å². The van der Waals surface area contributed by atoms with Gasteiger partial charge in [0.1, 0.15) is 11.9 Å². The summed E-state index contributed by atoms with van der Waals surface area (Å²) in [6, 6.07) is 9.45. The third-order valence-corrected chi connectivity index (χ3v) is 4.30. The van der Waals surface area contributed by atoms with E-state index in [9.17, 15) is 9.90 Å². The number of carbonyl (C=O) groups excluding carboxylic acids is 1. The first-order valence-corrected chi connectivity index (χ1v) is 8.19. The third-order valence-electron chi connectivity index (χ3n) is 4.30. The molecule has 0 unspecified atom stereocenters. The summed E-state index contributed by atoms with van der Waals surface area (Å²) in [6.07, 6.45) is 5.63. The summed E-state index contributed by atoms with van der Waals surface area (Å²) in [5.41, 5.74) is 1.47. The average molecular weight is 323 g/mol. The Hall–Kier alpha value is -2.51. The van der Waals surface area contributed by atoms with Gasteiger partial charge in [-0.05, 0) is 49.9 Å². The van der Waals surface area contributed by atoms with Crippen molar-refractivity contribution in [3.05, 3.63) is 59.5 Å². The number of furan rings is 1. The molecule has 3 rings (SSSR count). The summed E-state index contributed by atoms with van der Waals surface area (Å²) in [4.78, 5) is 12.1. The highest BCUT2D eigenvalue weighted by atomic mass is 16.3. The first-order valence-electron chi connectivity index (χ1n) is 8.19. The molecule has 4 heteroatoms. The van der Waals surface area contributed by atoms with Crippen LogP contribution in [0.4, 0.5) is 0 Å². The van der Waals surface area contributed by atoms with Crippen molar-refractivity contribution in [3.8, 4) is 11.8 Å². The van der Waals surface area contributed by atoms with Crippen LogP contribution in [0.1, 0.15) is 47.2 Å². The zero-order valence-electron chi connectivity index (χ0n) is 13.7. The van der Waals surface area contributed by atoms with Gasteiger partial charge in [0, 0.05) is 18.0 Å². The minimum atomic E-state index is -1.06. The number of rotatable bonds is 2. The van der Waals surface area contributed by atoms with Gasteiger partial charge in [-0.25, -0.2) is 0 Å². The van der Waals surface area contributed by atoms with Crippen molar-refractivity contribution >= 4 is 5.91 Å². The fourth-order valence-corrected chi connectivity index (χ4v) is 3.06. The van der Waals surface area contributed by atoms with Crippen molar-refractivity contribution in [1.29, 1.82) is 0 Å². The molecule has 0 aliphatic heterocycles. The van der Waals surface area contributed by atoms with Crippen LogP contribution >= 0.6 is 0 Å². The fraction of sp³-hybridized carbons (Fsp3) is 0.350. The molecule has 1 aliphatic rings. The van der Waals surface area contributed by atoms with Gasteiger partial charge in [0.25, 0.3) is 5.91 Å². The Labute approximate surface area is 141 Å². The highest BCUT2D eigenvalue weighted by Gasteiger charge is 2.33. The number of carbonyl (C=O) groups is 1. The predicted octanol–water partition coefficient (Wildman–Crippen LogP) is 3.04. The van der Waals surface area contributed by atoms with Gasteiger partial charge in [-0.3, -0.25) is 4.79 Å². The zero-order valence-corrected chi connectivity index (χ0v) is 13.7. The van der Waals surface area contributed by atoms with E-state index in [0.29, 0.717) is 18.4 Å². The van der Waals surface area contributed by atoms with E-state index in [1.807, 2.05) is 31.2 Å². The number of aryl methyl sites for hydroxylation is 1. The van der Waals surface area contributed by atoms with Gasteiger partial charge in [-0.2, -0.15) is 0 Å². The second kappa shape index (κ2) is 6.94. The summed E-state index contributed by atoms with van der Waals surface area (Å²) in [5.74, 6) is 5.91. The third kappa shape index (κ3) is 4.06. The molecule has 1 fully saturated rings. The molecule has 1 aromatic carbocycles. The van der Waals surface area contributed by atoms with E-state index < -0.39 is 5.60 Å². The number of aliphatic hydroxyl groups is 1. The highest BCUT2D eigenvalue weighted by Crippen LogP contribution is 2.28. The van der Waals surface area contributed by atoms with E-state index >= 15 is 0 Å². The summed E-state index contributed by atoms with van der Waals surface area (Å²) in [5, 5.41) is 13.7. The van der Waals surface area contributed by atoms with Gasteiger partial charge in [0.05, 0.1) is 11.8 Å². The van der Waals surface area contributed by atoms with Gasteiger partial charge in [0.2, 0.25) is 0 Å². The number of hydrogen-bond acceptors (Lipinski definition) is 3. The molecular formula is C20H21NO3. The van der Waals surface area contributed by atoms with Crippen LogP contribution in [0.3, 0.4) is 0 Å². The minimum absolute atomic E-state index is 0.0852. The van der Waals surface area contributed by atoms with Crippen LogP contribution < -0.4 is 5.32 Å². The Kier molecular flexibility index (Phi) is 4.73. The lowest BCUT2D eigenvalue weighted by atomic mass is 9.82. The summed E-state index contributed by atoms with van der Waals surface area (Å²) < 4.78 is 4.93. The van der Waals surface area contributed by atoms with Crippen LogP contribution in [-0.2, 0) is 0 Å². The highest BCUT2D eigenvalue weighted by molar-refractivity contribution is 5.93. The van der Waals surface area contributed by atoms with Crippen molar-refractivity contribution in [2.24, 2.45) is 0 Å². The van der Waals surface area contributed by atoms with Crippen LogP contribution in [0, 0.1) is 18.8 Å². The summed E-state index contributed by atoms with van der Waals surface area (Å²) in [7, 11) is 0. The molecule has 0 spiro atoms. The maximum Gasteiger partial charge on any atom is 0.254 e. The van der Waals surface area contributed by atoms with Gasteiger partial charge >= 0.3 is 0 Å². The van der Waals surface area contributed by atoms with Crippen molar-refractivity contribution in [3.63, 3.8) is 0 Å². The molecule has 0 bridgehead atoms. The van der Waals surface area contributed by atoms with Crippen molar-refractivity contribution < 1.29 is 14.3 Å². The van der Waals surface area contributed by atoms with E-state index in [-0.39, 0.29) is 11.9 Å². The molecule has 1 heterocycles. The molecule has 1 aromatic heterocycles. The Morgan fingerprint density at radius 1 is 1.42 bits per heavy atom. The van der Waals surface area contributed by atoms with Crippen LogP contribution in [0.5, 0.6) is 0 Å². The molecule has 1 amide bonds. The van der Waals surface area contributed by atoms with Crippen LogP contribution in [0.25, 0.3) is 0 Å². The average Bonchev–Trinajstić information content (AvgIpc) is 3.08. The van der Waals surface area contributed by atoms with E-state index in [4.69, 9.17) is 4.42 Å². The van der Waals surface area contributed by atoms with E-state index in [2.05, 4.69) is 17.2 Å². The van der Waals surface area contributed by atoms with Gasteiger partial charge in [-0.1, -0.05) is 24.0 Å². The molecule has 4 nitrogen and oxygen atoms in total. The smallest absolute Gasteiger partial charge is 0.254 e. The maximum absolute atomic E-state index is 12.1. The SMILES string of the molecule is Cc1cccc(C#C[C@]2(O)CCC[C@H](NC(=O)c3ccoc3)C2)c1. The topological polar surface area (TPSA) is 62.5 Å². The van der Waals surface area contributed by atoms with Crippen molar-refractivity contribution in [2.45, 2.75) is 44.2 Å². The second-order valence-electron chi connectivity index (χ2n) is 6.43. The molecule has 24 heavy (non-hydrogen) atoms. The first-order chi connectivity index (χ1) is 11.5. The quantitative estimate of drug-likeness (QED) is 0.835. The monoisotopic (exact) mass is 323 g/mol. The largest absolute Gasteiger partial charge is 0.472 e. The molecule has 2 aromatic rings. The summed E-state index contributed by atoms with van der Waals surface area (Å²) >= 11 is 0. The second-order valence-corrected chi connectivity index (χ2v) is 6.43. The maximum atomic E-state index is 12.1. The number of hydrogen-bond donors (Lipinski definition) is 2. The zero-order chi connectivity index (χ0) is 17.0. The molecular weight excluding hydrogens is 302 g/mol. The van der Waals surface area contributed by atoms with Crippen LogP contribution in [0.15, 0.2) is 47.3 Å². The Morgan fingerprint density at radius 3 is 3.04 bits per heavy atom. The first kappa shape index (κ1) is 16.4. The van der Waals surface area contributed by atoms with Crippen LogP contribution in [-0.4, -0.2) is 22.7 Å². The standard InChI is InChI=1S/C20H21NO3/c1-15-4-2-5-16(12-15)7-10-20(23)9-3-6-18(13-20)21-19(22)17-8-11-24-14-17/h2,4-5,8,11-12,14,18,23H,3,6,9,13H2,1H3,(H,21,22)/t18-,20+/m0/s1. The van der Waals surface area contributed by atoms with Gasteiger partial charge in [0.15, 0.2) is 0 Å². The number of nitrogens with one attached hydrogen (secondary N) is 1. The number of amides is 1. The fourth-order valence-electron chi connectivity index (χ4n) is 3.06. The van der Waals surface area contributed by atoms with Crippen molar-refractivity contribution in [1.82, 2.24) is 5.32 Å². The molecule has 2 N–H and O–H groups in total. The molecule has 1 aliphatic carbocycles. The minimum Gasteiger partial charge on any atom is -0.472 e. The lowest BCUT2D eigenvalue weighted by Crippen LogP contribution is -2.45. The van der Waals surface area contributed by atoms with Crippen LogP contribution in [0.2, 0.25) is 0 Å². The van der Waals surface area contributed by atoms with Gasteiger partial charge in [-0.15, -0.1) is 0 Å². The van der Waals surface area contributed by atoms with E-state index in [0.717, 1.165) is 24.0 Å². The summed E-state index contributed by atoms with van der Waals surface area (Å²) in [6.45, 7) is 2.02. The number of benzene rings is 1. The molecule has 2 atom stereocenters.